The Morgan fingerprint density at radius 2 is 2.19 bits per heavy atom. The van der Waals surface area contributed by atoms with Gasteiger partial charge in [-0.15, -0.1) is 0 Å². The smallest absolute Gasteiger partial charge is 0.284 e. The van der Waals surface area contributed by atoms with Gasteiger partial charge in [-0.3, -0.25) is 4.79 Å². The first kappa shape index (κ1) is 19.3. The van der Waals surface area contributed by atoms with Gasteiger partial charge in [-0.25, -0.2) is 10.4 Å². The van der Waals surface area contributed by atoms with Gasteiger partial charge in [0.1, 0.15) is 17.6 Å². The Balaban J connectivity index is 1.50. The summed E-state index contributed by atoms with van der Waals surface area (Å²) >= 11 is 1.94. The van der Waals surface area contributed by atoms with E-state index < -0.39 is 11.8 Å². The maximum absolute atomic E-state index is 12.1. The van der Waals surface area contributed by atoms with E-state index in [-0.39, 0.29) is 11.7 Å². The minimum Gasteiger partial charge on any atom is -0.459 e. The summed E-state index contributed by atoms with van der Waals surface area (Å²) in [7, 11) is 0. The lowest BCUT2D eigenvalue weighted by Crippen LogP contribution is -2.34. The molecule has 142 valence electrons. The molecule has 0 saturated carbocycles. The number of amides is 1. The highest BCUT2D eigenvalue weighted by Crippen LogP contribution is 2.25. The molecule has 0 aliphatic heterocycles. The van der Waals surface area contributed by atoms with Gasteiger partial charge in [-0.1, -0.05) is 35.2 Å². The lowest BCUT2D eigenvalue weighted by molar-refractivity contribution is -0.121. The van der Waals surface area contributed by atoms with Crippen molar-refractivity contribution in [3.05, 3.63) is 47.9 Å². The average molecular weight is 410 g/mol. The quantitative estimate of drug-likeness (QED) is 0.428. The molecule has 0 aliphatic carbocycles. The van der Waals surface area contributed by atoms with Crippen LogP contribution in [-0.2, 0) is 10.5 Å². The number of carbonyl (C=O) groups excluding carboxylic acids is 1. The van der Waals surface area contributed by atoms with Crippen molar-refractivity contribution in [2.75, 3.05) is 5.32 Å². The standard InChI is InChI=1S/C17H16F2N4O2S2/c1-10(21-17-22-13-4-2-3-5-14(13)27-17)15(24)23-20-8-11-6-7-12(25-11)9-26-16(18)19/h2-8,10,16H,9H2,1H3,(H,21,22)(H,23,24)/b20-8-/t10-/m1/s1. The summed E-state index contributed by atoms with van der Waals surface area (Å²) < 4.78 is 30.7. The van der Waals surface area contributed by atoms with Crippen LogP contribution in [0.1, 0.15) is 18.4 Å². The van der Waals surface area contributed by atoms with Crippen molar-refractivity contribution in [2.45, 2.75) is 24.5 Å². The van der Waals surface area contributed by atoms with E-state index in [0.717, 1.165) is 10.2 Å². The Kier molecular flexibility index (Phi) is 6.40. The van der Waals surface area contributed by atoms with Gasteiger partial charge in [0.05, 0.1) is 22.2 Å². The van der Waals surface area contributed by atoms with Gasteiger partial charge in [0.2, 0.25) is 0 Å². The van der Waals surface area contributed by atoms with Gasteiger partial charge < -0.3 is 9.73 Å². The van der Waals surface area contributed by atoms with E-state index in [2.05, 4.69) is 20.8 Å². The minimum absolute atomic E-state index is 0.0704. The van der Waals surface area contributed by atoms with Gasteiger partial charge in [-0.2, -0.15) is 13.9 Å². The second-order valence-corrected chi connectivity index (χ2v) is 7.47. The zero-order valence-corrected chi connectivity index (χ0v) is 15.8. The molecule has 2 N–H and O–H groups in total. The maximum atomic E-state index is 12.1. The number of hydrazone groups is 1. The summed E-state index contributed by atoms with van der Waals surface area (Å²) in [5.41, 5.74) is 3.27. The molecule has 27 heavy (non-hydrogen) atoms. The number of halogens is 2. The Bertz CT molecular complexity index is 909. The van der Waals surface area contributed by atoms with Crippen LogP contribution in [0.5, 0.6) is 0 Å². The van der Waals surface area contributed by atoms with E-state index in [0.29, 0.717) is 28.4 Å². The molecule has 1 atom stereocenters. The molecular formula is C17H16F2N4O2S2. The van der Waals surface area contributed by atoms with Crippen molar-refractivity contribution in [2.24, 2.45) is 5.10 Å². The van der Waals surface area contributed by atoms with E-state index in [1.807, 2.05) is 24.3 Å². The van der Waals surface area contributed by atoms with Crippen molar-refractivity contribution in [3.63, 3.8) is 0 Å². The van der Waals surface area contributed by atoms with E-state index in [4.69, 9.17) is 4.42 Å². The normalized spacial score (nSPS) is 12.7. The third kappa shape index (κ3) is 5.51. The molecule has 0 fully saturated rings. The third-order valence-electron chi connectivity index (χ3n) is 3.43. The summed E-state index contributed by atoms with van der Waals surface area (Å²) in [5, 5.41) is 7.51. The second kappa shape index (κ2) is 8.96. The molecule has 3 rings (SSSR count). The third-order valence-corrected chi connectivity index (χ3v) is 5.10. The topological polar surface area (TPSA) is 79.5 Å². The van der Waals surface area contributed by atoms with Crippen LogP contribution in [0.2, 0.25) is 0 Å². The van der Waals surface area contributed by atoms with E-state index in [1.165, 1.54) is 17.6 Å². The highest BCUT2D eigenvalue weighted by atomic mass is 32.2. The molecule has 1 amide bonds. The Morgan fingerprint density at radius 1 is 1.37 bits per heavy atom. The number of aromatic nitrogens is 1. The minimum atomic E-state index is -2.45. The number of furan rings is 1. The fourth-order valence-corrected chi connectivity index (χ4v) is 3.53. The van der Waals surface area contributed by atoms with Gasteiger partial charge >= 0.3 is 0 Å². The molecule has 0 saturated heterocycles. The number of benzene rings is 1. The van der Waals surface area contributed by atoms with Crippen LogP contribution in [0.25, 0.3) is 10.2 Å². The Hall–Kier alpha value is -2.46. The van der Waals surface area contributed by atoms with Crippen molar-refractivity contribution >= 4 is 50.6 Å². The van der Waals surface area contributed by atoms with Gasteiger partial charge in [0, 0.05) is 0 Å². The van der Waals surface area contributed by atoms with Crippen LogP contribution >= 0.6 is 23.1 Å². The van der Waals surface area contributed by atoms with E-state index in [9.17, 15) is 13.6 Å². The number of thiazole rings is 1. The number of rotatable bonds is 8. The van der Waals surface area contributed by atoms with E-state index in [1.54, 1.807) is 19.1 Å². The molecule has 0 spiro atoms. The highest BCUT2D eigenvalue weighted by Gasteiger charge is 2.14. The number of nitrogens with zero attached hydrogens (tertiary/aromatic N) is 2. The highest BCUT2D eigenvalue weighted by molar-refractivity contribution is 7.98. The monoisotopic (exact) mass is 410 g/mol. The number of carbonyl (C=O) groups is 1. The molecule has 0 radical (unpaired) electrons. The largest absolute Gasteiger partial charge is 0.459 e. The average Bonchev–Trinajstić information content (AvgIpc) is 3.25. The number of fused-ring (bicyclic) bond motifs is 1. The van der Waals surface area contributed by atoms with Crippen LogP contribution in [-0.4, -0.2) is 28.9 Å². The molecule has 0 unspecified atom stereocenters. The predicted octanol–water partition coefficient (Wildman–Crippen LogP) is 4.30. The summed E-state index contributed by atoms with van der Waals surface area (Å²) in [6.45, 7) is 1.70. The molecule has 6 nitrogen and oxygen atoms in total. The van der Waals surface area contributed by atoms with Gasteiger partial charge in [0.15, 0.2) is 5.13 Å². The fraction of sp³-hybridized carbons (Fsp3) is 0.235. The van der Waals surface area contributed by atoms with Crippen molar-refractivity contribution in [3.8, 4) is 0 Å². The molecule has 0 bridgehead atoms. The van der Waals surface area contributed by atoms with Crippen molar-refractivity contribution in [1.82, 2.24) is 10.4 Å². The number of nitrogens with one attached hydrogen (secondary N) is 2. The predicted molar refractivity (Wildman–Crippen MR) is 104 cm³/mol. The van der Waals surface area contributed by atoms with E-state index >= 15 is 0 Å². The summed E-state index contributed by atoms with van der Waals surface area (Å²) in [5.74, 6) is -1.94. The number of alkyl halides is 2. The lowest BCUT2D eigenvalue weighted by Gasteiger charge is -2.10. The zero-order valence-electron chi connectivity index (χ0n) is 14.2. The molecule has 2 aromatic heterocycles. The number of para-hydroxylation sites is 1. The maximum Gasteiger partial charge on any atom is 0.284 e. The first-order valence-corrected chi connectivity index (χ1v) is 9.81. The van der Waals surface area contributed by atoms with Crippen LogP contribution in [0.3, 0.4) is 0 Å². The summed E-state index contributed by atoms with van der Waals surface area (Å²) in [6.07, 6.45) is 1.32. The van der Waals surface area contributed by atoms with Crippen LogP contribution < -0.4 is 10.7 Å². The second-order valence-electron chi connectivity index (χ2n) is 5.46. The first-order valence-electron chi connectivity index (χ1n) is 7.95. The van der Waals surface area contributed by atoms with Crippen LogP contribution in [0.4, 0.5) is 13.9 Å². The number of hydrogen-bond acceptors (Lipinski definition) is 7. The fourth-order valence-electron chi connectivity index (χ4n) is 2.13. The number of hydrogen-bond donors (Lipinski definition) is 2. The summed E-state index contributed by atoms with van der Waals surface area (Å²) in [4.78, 5) is 16.5. The SMILES string of the molecule is C[C@@H](Nc1nc2ccccc2s1)C(=O)N/N=C\c1ccc(CSC(F)F)o1. The summed E-state index contributed by atoms with van der Waals surface area (Å²) in [6, 6.07) is 10.4. The molecule has 1 aromatic carbocycles. The number of anilines is 1. The lowest BCUT2D eigenvalue weighted by atomic mass is 10.3. The zero-order chi connectivity index (χ0) is 19.2. The number of thioether (sulfide) groups is 1. The van der Waals surface area contributed by atoms with Crippen molar-refractivity contribution in [1.29, 1.82) is 0 Å². The van der Waals surface area contributed by atoms with Crippen LogP contribution in [0.15, 0.2) is 45.9 Å². The molecule has 0 aliphatic rings. The van der Waals surface area contributed by atoms with Gasteiger partial charge in [-0.05, 0) is 31.2 Å². The van der Waals surface area contributed by atoms with Gasteiger partial charge in [0.25, 0.3) is 11.7 Å². The molecule has 10 heteroatoms. The Labute approximate surface area is 162 Å². The van der Waals surface area contributed by atoms with Crippen LogP contribution in [0, 0.1) is 0 Å². The molecule has 3 aromatic rings. The first-order chi connectivity index (χ1) is 13.0. The van der Waals surface area contributed by atoms with Crippen molar-refractivity contribution < 1.29 is 18.0 Å². The molecule has 2 heterocycles. The Morgan fingerprint density at radius 3 is 2.96 bits per heavy atom. The molecular weight excluding hydrogens is 394 g/mol.